The van der Waals surface area contributed by atoms with Gasteiger partial charge in [0, 0.05) is 0 Å². The first kappa shape index (κ1) is 13.2. The Labute approximate surface area is 100 Å². The van der Waals surface area contributed by atoms with E-state index >= 15 is 0 Å². The number of carbonyl (C=O) groups is 2. The normalized spacial score (nSPS) is 11.9. The van der Waals surface area contributed by atoms with Crippen LogP contribution in [0.4, 0.5) is 0 Å². The average molecular weight is 236 g/mol. The highest BCUT2D eigenvalue weighted by Crippen LogP contribution is 2.24. The number of Topliss-reactive ketones (excluding diaryl/α,β-unsaturated/α-hetero) is 1. The number of ketones is 1. The summed E-state index contributed by atoms with van der Waals surface area (Å²) < 4.78 is 5.08. The molecule has 0 aliphatic rings. The van der Waals surface area contributed by atoms with Gasteiger partial charge in [0.15, 0.2) is 5.78 Å². The third-order valence-corrected chi connectivity index (χ3v) is 2.64. The monoisotopic (exact) mass is 236 g/mol. The maximum Gasteiger partial charge on any atom is 0.314 e. The van der Waals surface area contributed by atoms with Gasteiger partial charge in [0.25, 0.3) is 0 Å². The number of aryl methyl sites for hydroxylation is 1. The minimum atomic E-state index is -1.10. The largest absolute Gasteiger partial charge is 0.496 e. The van der Waals surface area contributed by atoms with Crippen molar-refractivity contribution in [3.05, 3.63) is 29.3 Å². The molecule has 0 bridgehead atoms. The van der Waals surface area contributed by atoms with Crippen molar-refractivity contribution >= 4 is 11.8 Å². The topological polar surface area (TPSA) is 63.6 Å². The maximum absolute atomic E-state index is 12.1. The number of aliphatic carboxylic acids is 1. The van der Waals surface area contributed by atoms with Gasteiger partial charge in [-0.05, 0) is 25.5 Å². The predicted molar refractivity (Wildman–Crippen MR) is 63.5 cm³/mol. The Morgan fingerprint density at radius 1 is 1.41 bits per heavy atom. The lowest BCUT2D eigenvalue weighted by Crippen LogP contribution is -2.23. The van der Waals surface area contributed by atoms with E-state index in [2.05, 4.69) is 0 Å². The molecule has 0 saturated carbocycles. The molecule has 0 amide bonds. The van der Waals surface area contributed by atoms with Crippen LogP contribution in [-0.2, 0) is 4.79 Å². The van der Waals surface area contributed by atoms with Gasteiger partial charge < -0.3 is 9.84 Å². The fourth-order valence-corrected chi connectivity index (χ4v) is 1.67. The minimum Gasteiger partial charge on any atom is -0.496 e. The van der Waals surface area contributed by atoms with Crippen molar-refractivity contribution in [2.75, 3.05) is 7.11 Å². The molecule has 1 unspecified atom stereocenters. The van der Waals surface area contributed by atoms with Gasteiger partial charge in [0.2, 0.25) is 0 Å². The Morgan fingerprint density at radius 2 is 2.06 bits per heavy atom. The van der Waals surface area contributed by atoms with E-state index in [9.17, 15) is 9.59 Å². The molecular formula is C13H16O4. The van der Waals surface area contributed by atoms with E-state index in [4.69, 9.17) is 9.84 Å². The van der Waals surface area contributed by atoms with Gasteiger partial charge in [-0.1, -0.05) is 18.6 Å². The highest BCUT2D eigenvalue weighted by molar-refractivity contribution is 6.09. The lowest BCUT2D eigenvalue weighted by atomic mass is 9.94. The molecule has 1 atom stereocenters. The zero-order chi connectivity index (χ0) is 13.0. The van der Waals surface area contributed by atoms with Gasteiger partial charge in [-0.3, -0.25) is 9.59 Å². The summed E-state index contributed by atoms with van der Waals surface area (Å²) in [6, 6.07) is 5.15. The molecule has 1 aromatic rings. The summed E-state index contributed by atoms with van der Waals surface area (Å²) in [5, 5.41) is 8.98. The number of hydrogen-bond acceptors (Lipinski definition) is 3. The minimum absolute atomic E-state index is 0.269. The molecule has 1 rings (SSSR count). The fraction of sp³-hybridized carbons (Fsp3) is 0.385. The Balaban J connectivity index is 3.18. The zero-order valence-corrected chi connectivity index (χ0v) is 10.2. The van der Waals surface area contributed by atoms with Crippen LogP contribution in [0.3, 0.4) is 0 Å². The third kappa shape index (κ3) is 2.84. The molecular weight excluding hydrogens is 220 g/mol. The van der Waals surface area contributed by atoms with Crippen LogP contribution in [0.25, 0.3) is 0 Å². The predicted octanol–water partition coefficient (Wildman–Crippen LogP) is 2.30. The number of carboxylic acid groups (broad SMARTS) is 1. The summed E-state index contributed by atoms with van der Waals surface area (Å²) in [7, 11) is 1.46. The van der Waals surface area contributed by atoms with Gasteiger partial charge >= 0.3 is 5.97 Å². The standard InChI is InChI=1S/C13H16O4/c1-4-9(13(15)16)12(14)10-7-8(2)5-6-11(10)17-3/h5-7,9H,4H2,1-3H3,(H,15,16). The van der Waals surface area contributed by atoms with Gasteiger partial charge in [-0.15, -0.1) is 0 Å². The van der Waals surface area contributed by atoms with Crippen LogP contribution in [0, 0.1) is 12.8 Å². The number of benzene rings is 1. The summed E-state index contributed by atoms with van der Waals surface area (Å²) in [5.74, 6) is -2.09. The number of carboxylic acids is 1. The van der Waals surface area contributed by atoms with Crippen LogP contribution >= 0.6 is 0 Å². The van der Waals surface area contributed by atoms with E-state index in [0.717, 1.165) is 5.56 Å². The van der Waals surface area contributed by atoms with Crippen molar-refractivity contribution < 1.29 is 19.4 Å². The molecule has 0 saturated heterocycles. The SMILES string of the molecule is CCC(C(=O)O)C(=O)c1cc(C)ccc1OC. The molecule has 0 aromatic heterocycles. The maximum atomic E-state index is 12.1. The van der Waals surface area contributed by atoms with Crippen molar-refractivity contribution in [1.82, 2.24) is 0 Å². The van der Waals surface area contributed by atoms with E-state index in [1.165, 1.54) is 7.11 Å². The fourth-order valence-electron chi connectivity index (χ4n) is 1.67. The summed E-state index contributed by atoms with van der Waals surface area (Å²) in [6.07, 6.45) is 0.269. The Hall–Kier alpha value is -1.84. The molecule has 4 nitrogen and oxygen atoms in total. The van der Waals surface area contributed by atoms with E-state index < -0.39 is 17.7 Å². The molecule has 0 spiro atoms. The van der Waals surface area contributed by atoms with E-state index in [-0.39, 0.29) is 6.42 Å². The summed E-state index contributed by atoms with van der Waals surface area (Å²) in [4.78, 5) is 23.1. The van der Waals surface area contributed by atoms with Crippen LogP contribution in [0.5, 0.6) is 5.75 Å². The molecule has 4 heteroatoms. The molecule has 1 N–H and O–H groups in total. The molecule has 92 valence electrons. The van der Waals surface area contributed by atoms with Crippen LogP contribution in [-0.4, -0.2) is 24.0 Å². The summed E-state index contributed by atoms with van der Waals surface area (Å²) >= 11 is 0. The Kier molecular flexibility index (Phi) is 4.26. The molecule has 0 radical (unpaired) electrons. The zero-order valence-electron chi connectivity index (χ0n) is 10.2. The lowest BCUT2D eigenvalue weighted by molar-refractivity contribution is -0.140. The number of carbonyl (C=O) groups excluding carboxylic acids is 1. The van der Waals surface area contributed by atoms with Crippen LogP contribution < -0.4 is 4.74 Å². The van der Waals surface area contributed by atoms with Crippen LogP contribution in [0.1, 0.15) is 29.3 Å². The number of rotatable bonds is 5. The average Bonchev–Trinajstić information content (AvgIpc) is 2.29. The second kappa shape index (κ2) is 5.48. The molecule has 17 heavy (non-hydrogen) atoms. The number of methoxy groups -OCH3 is 1. The molecule has 1 aromatic carbocycles. The molecule has 0 aliphatic heterocycles. The lowest BCUT2D eigenvalue weighted by Gasteiger charge is -2.12. The Bertz CT molecular complexity index is 437. The van der Waals surface area contributed by atoms with Gasteiger partial charge in [-0.25, -0.2) is 0 Å². The Morgan fingerprint density at radius 3 is 2.53 bits per heavy atom. The molecule has 0 aliphatic carbocycles. The first-order valence-electron chi connectivity index (χ1n) is 5.42. The summed E-state index contributed by atoms with van der Waals surface area (Å²) in [6.45, 7) is 3.52. The van der Waals surface area contributed by atoms with Crippen molar-refractivity contribution in [2.45, 2.75) is 20.3 Å². The highest BCUT2D eigenvalue weighted by Gasteiger charge is 2.27. The van der Waals surface area contributed by atoms with Gasteiger partial charge in [-0.2, -0.15) is 0 Å². The van der Waals surface area contributed by atoms with Crippen molar-refractivity contribution in [2.24, 2.45) is 5.92 Å². The van der Waals surface area contributed by atoms with Crippen molar-refractivity contribution in [3.63, 3.8) is 0 Å². The van der Waals surface area contributed by atoms with Gasteiger partial charge in [0.05, 0.1) is 12.7 Å². The molecule has 0 fully saturated rings. The van der Waals surface area contributed by atoms with E-state index in [0.29, 0.717) is 11.3 Å². The van der Waals surface area contributed by atoms with Crippen LogP contribution in [0.2, 0.25) is 0 Å². The second-order valence-corrected chi connectivity index (χ2v) is 3.87. The smallest absolute Gasteiger partial charge is 0.314 e. The number of ether oxygens (including phenoxy) is 1. The first-order chi connectivity index (χ1) is 8.01. The molecule has 0 heterocycles. The summed E-state index contributed by atoms with van der Waals surface area (Å²) in [5.41, 5.74) is 1.23. The highest BCUT2D eigenvalue weighted by atomic mass is 16.5. The third-order valence-electron chi connectivity index (χ3n) is 2.64. The second-order valence-electron chi connectivity index (χ2n) is 3.87. The quantitative estimate of drug-likeness (QED) is 0.629. The van der Waals surface area contributed by atoms with Gasteiger partial charge in [0.1, 0.15) is 11.7 Å². The first-order valence-corrected chi connectivity index (χ1v) is 5.42. The van der Waals surface area contributed by atoms with E-state index in [1.807, 2.05) is 13.0 Å². The number of hydrogen-bond donors (Lipinski definition) is 1. The van der Waals surface area contributed by atoms with E-state index in [1.54, 1.807) is 19.1 Å². The van der Waals surface area contributed by atoms with Crippen molar-refractivity contribution in [3.8, 4) is 5.75 Å². The van der Waals surface area contributed by atoms with Crippen LogP contribution in [0.15, 0.2) is 18.2 Å². The van der Waals surface area contributed by atoms with Crippen molar-refractivity contribution in [1.29, 1.82) is 0 Å².